The van der Waals surface area contributed by atoms with Gasteiger partial charge in [0.15, 0.2) is 0 Å². The van der Waals surface area contributed by atoms with Crippen molar-refractivity contribution in [1.82, 2.24) is 0 Å². The summed E-state index contributed by atoms with van der Waals surface area (Å²) in [5.41, 5.74) is 13.7. The van der Waals surface area contributed by atoms with E-state index in [0.717, 1.165) is 0 Å². The lowest BCUT2D eigenvalue weighted by molar-refractivity contribution is 0.660. The van der Waals surface area contributed by atoms with Gasteiger partial charge in [0.1, 0.15) is 0 Å². The Labute approximate surface area is 182 Å². The monoisotopic (exact) mass is 394 g/mol. The van der Waals surface area contributed by atoms with E-state index in [-0.39, 0.29) is 5.41 Å². The summed E-state index contributed by atoms with van der Waals surface area (Å²) in [4.78, 5) is 0. The molecule has 2 aliphatic carbocycles. The van der Waals surface area contributed by atoms with Crippen LogP contribution in [-0.2, 0) is 5.41 Å². The van der Waals surface area contributed by atoms with Crippen LogP contribution < -0.4 is 0 Å². The first kappa shape index (κ1) is 17.1. The Bertz CT molecular complexity index is 1520. The van der Waals surface area contributed by atoms with Gasteiger partial charge in [-0.2, -0.15) is 0 Å². The molecular formula is C31H22. The molecule has 0 unspecified atom stereocenters. The molecule has 0 heteroatoms. The fourth-order valence-electron chi connectivity index (χ4n) is 5.93. The fourth-order valence-corrected chi connectivity index (χ4v) is 5.93. The molecule has 0 nitrogen and oxygen atoms in total. The third-order valence-corrected chi connectivity index (χ3v) is 7.44. The second kappa shape index (κ2) is 5.74. The number of rotatable bonds is 1. The van der Waals surface area contributed by atoms with E-state index in [2.05, 4.69) is 111 Å². The average Bonchev–Trinajstić information content (AvgIpc) is 3.26. The Morgan fingerprint density at radius 2 is 1.03 bits per heavy atom. The van der Waals surface area contributed by atoms with Crippen LogP contribution in [0.3, 0.4) is 0 Å². The zero-order valence-corrected chi connectivity index (χ0v) is 17.7. The highest BCUT2D eigenvalue weighted by atomic mass is 14.4. The highest BCUT2D eigenvalue weighted by Gasteiger charge is 2.35. The van der Waals surface area contributed by atoms with Gasteiger partial charge in [0.2, 0.25) is 0 Å². The van der Waals surface area contributed by atoms with Gasteiger partial charge >= 0.3 is 0 Å². The minimum absolute atomic E-state index is 0.0209. The fraction of sp³-hybridized carbons (Fsp3) is 0.0968. The molecule has 31 heavy (non-hydrogen) atoms. The zero-order chi connectivity index (χ0) is 20.7. The molecule has 0 heterocycles. The van der Waals surface area contributed by atoms with Crippen LogP contribution in [0.5, 0.6) is 0 Å². The molecule has 0 atom stereocenters. The lowest BCUT2D eigenvalue weighted by atomic mass is 9.81. The minimum Gasteiger partial charge on any atom is -0.0619 e. The van der Waals surface area contributed by atoms with Crippen molar-refractivity contribution in [3.05, 3.63) is 108 Å². The van der Waals surface area contributed by atoms with E-state index in [4.69, 9.17) is 0 Å². The van der Waals surface area contributed by atoms with Gasteiger partial charge in [-0.15, -0.1) is 0 Å². The summed E-state index contributed by atoms with van der Waals surface area (Å²) < 4.78 is 0. The maximum Gasteiger partial charge on any atom is 0.0159 e. The van der Waals surface area contributed by atoms with Crippen molar-refractivity contribution in [2.45, 2.75) is 19.3 Å². The molecular weight excluding hydrogens is 372 g/mol. The maximum atomic E-state index is 2.43. The SMILES string of the molecule is CC1(C)c2ccccc2-c2ccc(-c3ccc4c5c(cccc35)-c3ccccc3-4)cc21. The molecule has 146 valence electrons. The average molecular weight is 395 g/mol. The zero-order valence-electron chi connectivity index (χ0n) is 17.7. The lowest BCUT2D eigenvalue weighted by Crippen LogP contribution is -2.14. The van der Waals surface area contributed by atoms with Gasteiger partial charge in [-0.25, -0.2) is 0 Å². The van der Waals surface area contributed by atoms with Crippen LogP contribution in [0.25, 0.3) is 55.3 Å². The molecule has 0 aliphatic heterocycles. The molecule has 0 fully saturated rings. The lowest BCUT2D eigenvalue weighted by Gasteiger charge is -2.22. The van der Waals surface area contributed by atoms with Crippen molar-refractivity contribution in [3.63, 3.8) is 0 Å². The summed E-state index contributed by atoms with van der Waals surface area (Å²) in [6.45, 7) is 4.71. The van der Waals surface area contributed by atoms with Gasteiger partial charge in [-0.3, -0.25) is 0 Å². The Morgan fingerprint density at radius 1 is 0.452 bits per heavy atom. The second-order valence-electron chi connectivity index (χ2n) is 9.37. The first-order chi connectivity index (χ1) is 15.1. The van der Waals surface area contributed by atoms with Gasteiger partial charge in [0.05, 0.1) is 0 Å². The van der Waals surface area contributed by atoms with E-state index < -0.39 is 0 Å². The van der Waals surface area contributed by atoms with Crippen LogP contribution in [0, 0.1) is 0 Å². The Kier molecular flexibility index (Phi) is 3.16. The highest BCUT2D eigenvalue weighted by molar-refractivity contribution is 6.18. The molecule has 0 spiro atoms. The Morgan fingerprint density at radius 3 is 1.84 bits per heavy atom. The van der Waals surface area contributed by atoms with Gasteiger partial charge < -0.3 is 0 Å². The second-order valence-corrected chi connectivity index (χ2v) is 9.37. The van der Waals surface area contributed by atoms with Crippen LogP contribution in [0.4, 0.5) is 0 Å². The van der Waals surface area contributed by atoms with Gasteiger partial charge in [-0.05, 0) is 72.5 Å². The smallest absolute Gasteiger partial charge is 0.0159 e. The number of hydrogen-bond acceptors (Lipinski definition) is 0. The molecule has 0 radical (unpaired) electrons. The summed E-state index contributed by atoms with van der Waals surface area (Å²) in [6, 6.07) is 36.1. The molecule has 5 aromatic rings. The predicted octanol–water partition coefficient (Wildman–Crippen LogP) is 8.46. The van der Waals surface area contributed by atoms with Gasteiger partial charge in [-0.1, -0.05) is 105 Å². The quantitative estimate of drug-likeness (QED) is 0.262. The predicted molar refractivity (Wildman–Crippen MR) is 131 cm³/mol. The third kappa shape index (κ3) is 2.10. The van der Waals surface area contributed by atoms with Crippen molar-refractivity contribution < 1.29 is 0 Å². The number of fused-ring (bicyclic) bond motifs is 6. The van der Waals surface area contributed by atoms with Crippen LogP contribution in [0.15, 0.2) is 97.1 Å². The van der Waals surface area contributed by atoms with Gasteiger partial charge in [0, 0.05) is 5.41 Å². The third-order valence-electron chi connectivity index (χ3n) is 7.44. The molecule has 0 aromatic heterocycles. The van der Waals surface area contributed by atoms with E-state index >= 15 is 0 Å². The molecule has 0 saturated heterocycles. The maximum absolute atomic E-state index is 2.43. The van der Waals surface area contributed by atoms with Crippen LogP contribution >= 0.6 is 0 Å². The van der Waals surface area contributed by atoms with Gasteiger partial charge in [0.25, 0.3) is 0 Å². The molecule has 0 saturated carbocycles. The van der Waals surface area contributed by atoms with Crippen molar-refractivity contribution in [2.75, 3.05) is 0 Å². The summed E-state index contributed by atoms with van der Waals surface area (Å²) in [5.74, 6) is 0. The van der Waals surface area contributed by atoms with Crippen LogP contribution in [-0.4, -0.2) is 0 Å². The van der Waals surface area contributed by atoms with Crippen LogP contribution in [0.1, 0.15) is 25.0 Å². The highest BCUT2D eigenvalue weighted by Crippen LogP contribution is 2.52. The Hall–Kier alpha value is -3.64. The van der Waals surface area contributed by atoms with Crippen molar-refractivity contribution >= 4 is 10.8 Å². The van der Waals surface area contributed by atoms with Crippen molar-refractivity contribution in [3.8, 4) is 44.5 Å². The molecule has 0 N–H and O–H groups in total. The topological polar surface area (TPSA) is 0 Å². The molecule has 0 bridgehead atoms. The standard InChI is InChI=1S/C31H22/c1-31(2)28-13-6-5-10-23(28)24-15-14-19(18-29(24)31)20-16-17-27-22-9-4-3-8-21(22)26-12-7-11-25(20)30(26)27/h3-18H,1-2H3. The van der Waals surface area contributed by atoms with E-state index in [1.807, 2.05) is 0 Å². The normalized spacial score (nSPS) is 14.4. The molecule has 0 amide bonds. The number of benzene rings is 5. The summed E-state index contributed by atoms with van der Waals surface area (Å²) in [7, 11) is 0. The first-order valence-electron chi connectivity index (χ1n) is 11.0. The van der Waals surface area contributed by atoms with Crippen LogP contribution in [0.2, 0.25) is 0 Å². The number of hydrogen-bond donors (Lipinski definition) is 0. The van der Waals surface area contributed by atoms with E-state index in [1.54, 1.807) is 0 Å². The largest absolute Gasteiger partial charge is 0.0619 e. The minimum atomic E-state index is 0.0209. The Balaban J connectivity index is 1.48. The van der Waals surface area contributed by atoms with Crippen molar-refractivity contribution in [2.24, 2.45) is 0 Å². The summed E-state index contributed by atoms with van der Waals surface area (Å²) in [5, 5.41) is 2.74. The van der Waals surface area contributed by atoms with Crippen molar-refractivity contribution in [1.29, 1.82) is 0 Å². The molecule has 7 rings (SSSR count). The molecule has 5 aromatic carbocycles. The summed E-state index contributed by atoms with van der Waals surface area (Å²) >= 11 is 0. The van der Waals surface area contributed by atoms with E-state index in [1.165, 1.54) is 66.4 Å². The molecule has 2 aliphatic rings. The first-order valence-corrected chi connectivity index (χ1v) is 11.0. The van der Waals surface area contributed by atoms with E-state index in [0.29, 0.717) is 0 Å². The van der Waals surface area contributed by atoms with E-state index in [9.17, 15) is 0 Å². The summed E-state index contributed by atoms with van der Waals surface area (Å²) in [6.07, 6.45) is 0.